The van der Waals surface area contributed by atoms with Gasteiger partial charge < -0.3 is 5.11 Å². The monoisotopic (exact) mass is 188 g/mol. The molecule has 74 valence electrons. The van der Waals surface area contributed by atoms with Gasteiger partial charge in [-0.15, -0.1) is 12.3 Å². The minimum Gasteiger partial charge on any atom is -0.385 e. The van der Waals surface area contributed by atoms with Crippen molar-refractivity contribution in [3.63, 3.8) is 0 Å². The second kappa shape index (κ2) is 4.83. The van der Waals surface area contributed by atoms with E-state index in [1.807, 2.05) is 37.3 Å². The van der Waals surface area contributed by atoms with Crippen molar-refractivity contribution in [2.45, 2.75) is 31.8 Å². The van der Waals surface area contributed by atoms with E-state index >= 15 is 0 Å². The molecule has 1 unspecified atom stereocenters. The molecule has 0 heterocycles. The Morgan fingerprint density at radius 2 is 2.00 bits per heavy atom. The maximum absolute atomic E-state index is 10.1. The predicted molar refractivity (Wildman–Crippen MR) is 58.7 cm³/mol. The number of terminal acetylenes is 1. The average molecular weight is 188 g/mol. The van der Waals surface area contributed by atoms with Gasteiger partial charge in [-0.05, 0) is 25.3 Å². The molecule has 1 aromatic carbocycles. The summed E-state index contributed by atoms with van der Waals surface area (Å²) in [5, 5.41) is 10.1. The third kappa shape index (κ3) is 2.90. The third-order valence-electron chi connectivity index (χ3n) is 2.38. The van der Waals surface area contributed by atoms with Gasteiger partial charge in [0.1, 0.15) is 0 Å². The number of unbranched alkanes of at least 4 members (excludes halogenated alkanes) is 1. The van der Waals surface area contributed by atoms with Crippen molar-refractivity contribution < 1.29 is 5.11 Å². The molecule has 1 heteroatoms. The largest absolute Gasteiger partial charge is 0.385 e. The van der Waals surface area contributed by atoms with Gasteiger partial charge in [0.05, 0.1) is 5.60 Å². The van der Waals surface area contributed by atoms with Crippen molar-refractivity contribution >= 4 is 0 Å². The Morgan fingerprint density at radius 3 is 2.57 bits per heavy atom. The molecule has 0 aliphatic rings. The maximum atomic E-state index is 10.1. The molecule has 1 nitrogen and oxygen atoms in total. The zero-order valence-electron chi connectivity index (χ0n) is 8.53. The van der Waals surface area contributed by atoms with Crippen molar-refractivity contribution in [1.82, 2.24) is 0 Å². The van der Waals surface area contributed by atoms with E-state index in [-0.39, 0.29) is 0 Å². The molecule has 0 aliphatic carbocycles. The Bertz CT molecular complexity index is 306. The first kappa shape index (κ1) is 10.8. The Labute approximate surface area is 85.8 Å². The second-order valence-electron chi connectivity index (χ2n) is 3.70. The summed E-state index contributed by atoms with van der Waals surface area (Å²) in [6.45, 7) is 1.83. The maximum Gasteiger partial charge on any atom is 0.0868 e. The van der Waals surface area contributed by atoms with E-state index in [9.17, 15) is 5.11 Å². The van der Waals surface area contributed by atoms with E-state index in [1.165, 1.54) is 0 Å². The normalized spacial score (nSPS) is 14.4. The second-order valence-corrected chi connectivity index (χ2v) is 3.70. The van der Waals surface area contributed by atoms with Crippen molar-refractivity contribution in [2.24, 2.45) is 0 Å². The molecule has 1 atom stereocenters. The van der Waals surface area contributed by atoms with Crippen LogP contribution in [0.1, 0.15) is 31.7 Å². The van der Waals surface area contributed by atoms with Crippen LogP contribution < -0.4 is 0 Å². The fourth-order valence-electron chi connectivity index (χ4n) is 1.48. The van der Waals surface area contributed by atoms with Crippen LogP contribution in [0.2, 0.25) is 0 Å². The SMILES string of the molecule is C#CCCCC(C)(O)c1ccccc1. The topological polar surface area (TPSA) is 20.2 Å². The highest BCUT2D eigenvalue weighted by atomic mass is 16.3. The molecule has 1 rings (SSSR count). The molecule has 0 bridgehead atoms. The van der Waals surface area contributed by atoms with E-state index in [0.29, 0.717) is 6.42 Å². The van der Waals surface area contributed by atoms with Gasteiger partial charge in [-0.25, -0.2) is 0 Å². The molecule has 0 saturated carbocycles. The lowest BCUT2D eigenvalue weighted by Gasteiger charge is -2.23. The molecular formula is C13H16O. The van der Waals surface area contributed by atoms with E-state index in [4.69, 9.17) is 6.42 Å². The van der Waals surface area contributed by atoms with Crippen LogP contribution in [0.3, 0.4) is 0 Å². The van der Waals surface area contributed by atoms with E-state index < -0.39 is 5.60 Å². The summed E-state index contributed by atoms with van der Waals surface area (Å²) in [5.41, 5.74) is 0.204. The highest BCUT2D eigenvalue weighted by Gasteiger charge is 2.21. The minimum absolute atomic E-state index is 0.710. The Kier molecular flexibility index (Phi) is 3.73. The molecule has 0 fully saturated rings. The Hall–Kier alpha value is -1.26. The van der Waals surface area contributed by atoms with Crippen LogP contribution in [0.15, 0.2) is 30.3 Å². The van der Waals surface area contributed by atoms with E-state index in [0.717, 1.165) is 18.4 Å². The molecule has 14 heavy (non-hydrogen) atoms. The summed E-state index contributed by atoms with van der Waals surface area (Å²) in [6.07, 6.45) is 7.46. The summed E-state index contributed by atoms with van der Waals surface area (Å²) in [7, 11) is 0. The molecule has 0 saturated heterocycles. The van der Waals surface area contributed by atoms with Crippen molar-refractivity contribution in [3.8, 4) is 12.3 Å². The Balaban J connectivity index is 2.62. The number of benzene rings is 1. The molecular weight excluding hydrogens is 172 g/mol. The fourth-order valence-corrected chi connectivity index (χ4v) is 1.48. The van der Waals surface area contributed by atoms with Crippen molar-refractivity contribution in [1.29, 1.82) is 0 Å². The summed E-state index contributed by atoms with van der Waals surface area (Å²) < 4.78 is 0. The smallest absolute Gasteiger partial charge is 0.0868 e. The zero-order valence-corrected chi connectivity index (χ0v) is 8.53. The summed E-state index contributed by atoms with van der Waals surface area (Å²) in [6, 6.07) is 9.70. The molecule has 1 N–H and O–H groups in total. The quantitative estimate of drug-likeness (QED) is 0.569. The van der Waals surface area contributed by atoms with Crippen LogP contribution in [0.25, 0.3) is 0 Å². The predicted octanol–water partition coefficient (Wildman–Crippen LogP) is 2.70. The number of rotatable bonds is 4. The van der Waals surface area contributed by atoms with Crippen LogP contribution >= 0.6 is 0 Å². The average Bonchev–Trinajstić information content (AvgIpc) is 2.19. The highest BCUT2D eigenvalue weighted by Crippen LogP contribution is 2.25. The molecule has 0 aromatic heterocycles. The van der Waals surface area contributed by atoms with Gasteiger partial charge in [-0.3, -0.25) is 0 Å². The van der Waals surface area contributed by atoms with Gasteiger partial charge in [0.15, 0.2) is 0 Å². The minimum atomic E-state index is -0.752. The van der Waals surface area contributed by atoms with Crippen molar-refractivity contribution in [2.75, 3.05) is 0 Å². The summed E-state index contributed by atoms with van der Waals surface area (Å²) in [5.74, 6) is 2.58. The first-order valence-electron chi connectivity index (χ1n) is 4.88. The molecule has 0 spiro atoms. The number of aliphatic hydroxyl groups is 1. The fraction of sp³-hybridized carbons (Fsp3) is 0.385. The number of hydrogen-bond donors (Lipinski definition) is 1. The lowest BCUT2D eigenvalue weighted by Crippen LogP contribution is -2.20. The van der Waals surface area contributed by atoms with Crippen LogP contribution in [0.4, 0.5) is 0 Å². The van der Waals surface area contributed by atoms with Crippen LogP contribution in [0.5, 0.6) is 0 Å². The lowest BCUT2D eigenvalue weighted by molar-refractivity contribution is 0.0460. The van der Waals surface area contributed by atoms with Crippen LogP contribution in [0, 0.1) is 12.3 Å². The lowest BCUT2D eigenvalue weighted by atomic mass is 9.91. The first-order chi connectivity index (χ1) is 6.67. The summed E-state index contributed by atoms with van der Waals surface area (Å²) in [4.78, 5) is 0. The van der Waals surface area contributed by atoms with Gasteiger partial charge >= 0.3 is 0 Å². The highest BCUT2D eigenvalue weighted by molar-refractivity contribution is 5.21. The van der Waals surface area contributed by atoms with E-state index in [1.54, 1.807) is 0 Å². The molecule has 0 amide bonds. The van der Waals surface area contributed by atoms with E-state index in [2.05, 4.69) is 5.92 Å². The standard InChI is InChI=1S/C13H16O/c1-3-4-8-11-13(2,14)12-9-6-5-7-10-12/h1,5-7,9-10,14H,4,8,11H2,2H3. The number of hydrogen-bond acceptors (Lipinski definition) is 1. The van der Waals surface area contributed by atoms with Gasteiger partial charge in [-0.2, -0.15) is 0 Å². The summed E-state index contributed by atoms with van der Waals surface area (Å²) >= 11 is 0. The van der Waals surface area contributed by atoms with Crippen molar-refractivity contribution in [3.05, 3.63) is 35.9 Å². The Morgan fingerprint density at radius 1 is 1.36 bits per heavy atom. The van der Waals surface area contributed by atoms with Gasteiger partial charge in [-0.1, -0.05) is 30.3 Å². The van der Waals surface area contributed by atoms with Gasteiger partial charge in [0.25, 0.3) is 0 Å². The first-order valence-corrected chi connectivity index (χ1v) is 4.88. The molecule has 0 aliphatic heterocycles. The van der Waals surface area contributed by atoms with Crippen LogP contribution in [-0.4, -0.2) is 5.11 Å². The van der Waals surface area contributed by atoms with Crippen LogP contribution in [-0.2, 0) is 5.60 Å². The molecule has 1 aromatic rings. The molecule has 0 radical (unpaired) electrons. The third-order valence-corrected chi connectivity index (χ3v) is 2.38. The van der Waals surface area contributed by atoms with Gasteiger partial charge in [0, 0.05) is 6.42 Å². The zero-order chi connectivity index (χ0) is 10.4. The van der Waals surface area contributed by atoms with Gasteiger partial charge in [0.2, 0.25) is 0 Å².